The predicted octanol–water partition coefficient (Wildman–Crippen LogP) is 2.24. The number of allylic oxidation sites excluding steroid dienone is 4. The molecule has 0 heterocycles. The summed E-state index contributed by atoms with van der Waals surface area (Å²) >= 11 is 0. The third-order valence-electron chi connectivity index (χ3n) is 1.13. The third kappa shape index (κ3) is 6.81. The molecule has 0 saturated heterocycles. The zero-order valence-electron chi connectivity index (χ0n) is 7.54. The first-order chi connectivity index (χ1) is 5.66. The van der Waals surface area contributed by atoms with Gasteiger partial charge in [-0.25, -0.2) is 0 Å². The molecule has 0 aliphatic heterocycles. The molecular formula is C10H14O2. The molecule has 0 aromatic heterocycles. The summed E-state index contributed by atoms with van der Waals surface area (Å²) in [6.07, 6.45) is 7.24. The molecular weight excluding hydrogens is 152 g/mol. The molecule has 66 valence electrons. The SMILES string of the molecule is C=C/C=C\C=C(/C)COC(C)=O. The van der Waals surface area contributed by atoms with Crippen LogP contribution in [0.4, 0.5) is 0 Å². The fourth-order valence-electron chi connectivity index (χ4n) is 0.562. The molecule has 0 aromatic carbocycles. The van der Waals surface area contributed by atoms with Crippen molar-refractivity contribution >= 4 is 5.97 Å². The topological polar surface area (TPSA) is 26.3 Å². The average Bonchev–Trinajstić information content (AvgIpc) is 2.01. The lowest BCUT2D eigenvalue weighted by Gasteiger charge is -1.99. The largest absolute Gasteiger partial charge is 0.461 e. The van der Waals surface area contributed by atoms with Crippen molar-refractivity contribution in [3.05, 3.63) is 36.5 Å². The van der Waals surface area contributed by atoms with E-state index in [-0.39, 0.29) is 5.97 Å². The van der Waals surface area contributed by atoms with Crippen LogP contribution in [-0.4, -0.2) is 12.6 Å². The first-order valence-corrected chi connectivity index (χ1v) is 3.75. The van der Waals surface area contributed by atoms with Gasteiger partial charge in [0.1, 0.15) is 6.61 Å². The Morgan fingerprint density at radius 2 is 2.08 bits per heavy atom. The van der Waals surface area contributed by atoms with Gasteiger partial charge in [0.2, 0.25) is 0 Å². The maximum Gasteiger partial charge on any atom is 0.302 e. The molecule has 0 saturated carbocycles. The number of rotatable bonds is 4. The van der Waals surface area contributed by atoms with Gasteiger partial charge < -0.3 is 4.74 Å². The number of hydrogen-bond donors (Lipinski definition) is 0. The quantitative estimate of drug-likeness (QED) is 0.473. The highest BCUT2D eigenvalue weighted by atomic mass is 16.5. The van der Waals surface area contributed by atoms with E-state index in [0.29, 0.717) is 6.61 Å². The van der Waals surface area contributed by atoms with Crippen molar-refractivity contribution in [2.75, 3.05) is 6.61 Å². The van der Waals surface area contributed by atoms with Gasteiger partial charge >= 0.3 is 5.97 Å². The molecule has 0 aliphatic carbocycles. The minimum atomic E-state index is -0.254. The lowest BCUT2D eigenvalue weighted by molar-refractivity contribution is -0.139. The van der Waals surface area contributed by atoms with E-state index in [0.717, 1.165) is 5.57 Å². The van der Waals surface area contributed by atoms with Crippen LogP contribution >= 0.6 is 0 Å². The second kappa shape index (κ2) is 6.40. The zero-order chi connectivity index (χ0) is 9.40. The summed E-state index contributed by atoms with van der Waals surface area (Å²) in [5, 5.41) is 0. The number of ether oxygens (including phenoxy) is 1. The van der Waals surface area contributed by atoms with Crippen LogP contribution in [0.15, 0.2) is 36.5 Å². The molecule has 0 atom stereocenters. The third-order valence-corrected chi connectivity index (χ3v) is 1.13. The Balaban J connectivity index is 3.77. The van der Waals surface area contributed by atoms with E-state index in [1.807, 2.05) is 25.2 Å². The molecule has 0 rings (SSSR count). The molecule has 2 heteroatoms. The van der Waals surface area contributed by atoms with E-state index >= 15 is 0 Å². The van der Waals surface area contributed by atoms with Crippen molar-refractivity contribution in [2.45, 2.75) is 13.8 Å². The summed E-state index contributed by atoms with van der Waals surface area (Å²) in [4.78, 5) is 10.4. The van der Waals surface area contributed by atoms with Crippen LogP contribution in [0.25, 0.3) is 0 Å². The molecule has 0 radical (unpaired) electrons. The van der Waals surface area contributed by atoms with Crippen LogP contribution in [0.1, 0.15) is 13.8 Å². The summed E-state index contributed by atoms with van der Waals surface area (Å²) in [5.74, 6) is -0.254. The summed E-state index contributed by atoms with van der Waals surface area (Å²) in [6.45, 7) is 7.18. The van der Waals surface area contributed by atoms with Gasteiger partial charge in [-0.15, -0.1) is 0 Å². The monoisotopic (exact) mass is 166 g/mol. The molecule has 0 aromatic rings. The minimum absolute atomic E-state index is 0.254. The standard InChI is InChI=1S/C10H14O2/c1-4-5-6-7-9(2)8-12-10(3)11/h4-7H,1,8H2,2-3H3/b6-5-,9-7+. The lowest BCUT2D eigenvalue weighted by Crippen LogP contribution is -2.00. The van der Waals surface area contributed by atoms with E-state index in [4.69, 9.17) is 4.74 Å². The van der Waals surface area contributed by atoms with Gasteiger partial charge in [-0.05, 0) is 12.5 Å². The first kappa shape index (κ1) is 10.7. The first-order valence-electron chi connectivity index (χ1n) is 3.75. The highest BCUT2D eigenvalue weighted by Crippen LogP contribution is 1.94. The van der Waals surface area contributed by atoms with Crippen molar-refractivity contribution in [1.82, 2.24) is 0 Å². The van der Waals surface area contributed by atoms with Crippen molar-refractivity contribution in [3.8, 4) is 0 Å². The number of esters is 1. The molecule has 0 amide bonds. The van der Waals surface area contributed by atoms with E-state index < -0.39 is 0 Å². The molecule has 0 aliphatic rings. The van der Waals surface area contributed by atoms with E-state index in [2.05, 4.69) is 6.58 Å². The molecule has 0 spiro atoms. The fraction of sp³-hybridized carbons (Fsp3) is 0.300. The van der Waals surface area contributed by atoms with Crippen LogP contribution in [0.5, 0.6) is 0 Å². The minimum Gasteiger partial charge on any atom is -0.461 e. The van der Waals surface area contributed by atoms with Crippen LogP contribution in [0, 0.1) is 0 Å². The summed E-state index contributed by atoms with van der Waals surface area (Å²) in [6, 6.07) is 0. The Morgan fingerprint density at radius 3 is 2.58 bits per heavy atom. The Hall–Kier alpha value is -1.31. The fourth-order valence-corrected chi connectivity index (χ4v) is 0.562. The molecule has 0 unspecified atom stereocenters. The number of carbonyl (C=O) groups is 1. The van der Waals surface area contributed by atoms with Crippen LogP contribution < -0.4 is 0 Å². The van der Waals surface area contributed by atoms with E-state index in [1.165, 1.54) is 6.92 Å². The Kier molecular flexibility index (Phi) is 5.70. The maximum atomic E-state index is 10.4. The predicted molar refractivity (Wildman–Crippen MR) is 49.7 cm³/mol. The smallest absolute Gasteiger partial charge is 0.302 e. The maximum absolute atomic E-state index is 10.4. The van der Waals surface area contributed by atoms with Crippen LogP contribution in [-0.2, 0) is 9.53 Å². The zero-order valence-corrected chi connectivity index (χ0v) is 7.54. The molecule has 0 N–H and O–H groups in total. The molecule has 0 bridgehead atoms. The van der Waals surface area contributed by atoms with Gasteiger partial charge in [0.15, 0.2) is 0 Å². The van der Waals surface area contributed by atoms with Gasteiger partial charge in [0.25, 0.3) is 0 Å². The van der Waals surface area contributed by atoms with Gasteiger partial charge in [-0.1, -0.05) is 30.9 Å². The van der Waals surface area contributed by atoms with Crippen molar-refractivity contribution in [1.29, 1.82) is 0 Å². The summed E-state index contributed by atoms with van der Waals surface area (Å²) in [5.41, 5.74) is 1.00. The Morgan fingerprint density at radius 1 is 1.42 bits per heavy atom. The summed E-state index contributed by atoms with van der Waals surface area (Å²) in [7, 11) is 0. The normalized spacial score (nSPS) is 11.7. The molecule has 0 fully saturated rings. The van der Waals surface area contributed by atoms with Crippen LogP contribution in [0.2, 0.25) is 0 Å². The van der Waals surface area contributed by atoms with E-state index in [9.17, 15) is 4.79 Å². The van der Waals surface area contributed by atoms with E-state index in [1.54, 1.807) is 6.08 Å². The summed E-state index contributed by atoms with van der Waals surface area (Å²) < 4.78 is 4.77. The molecule has 12 heavy (non-hydrogen) atoms. The number of carbonyl (C=O) groups excluding carboxylic acids is 1. The van der Waals surface area contributed by atoms with Crippen LogP contribution in [0.3, 0.4) is 0 Å². The number of hydrogen-bond acceptors (Lipinski definition) is 2. The van der Waals surface area contributed by atoms with Crippen molar-refractivity contribution in [3.63, 3.8) is 0 Å². The Bertz CT molecular complexity index is 212. The second-order valence-corrected chi connectivity index (χ2v) is 2.41. The Labute approximate surface area is 73.2 Å². The lowest BCUT2D eigenvalue weighted by atomic mass is 10.3. The highest BCUT2D eigenvalue weighted by molar-refractivity contribution is 5.66. The average molecular weight is 166 g/mol. The van der Waals surface area contributed by atoms with Gasteiger partial charge in [0, 0.05) is 6.92 Å². The molecule has 2 nitrogen and oxygen atoms in total. The van der Waals surface area contributed by atoms with Gasteiger partial charge in [-0.3, -0.25) is 4.79 Å². The van der Waals surface area contributed by atoms with Gasteiger partial charge in [-0.2, -0.15) is 0 Å². The second-order valence-electron chi connectivity index (χ2n) is 2.41. The van der Waals surface area contributed by atoms with Crippen molar-refractivity contribution in [2.24, 2.45) is 0 Å². The van der Waals surface area contributed by atoms with Gasteiger partial charge in [0.05, 0.1) is 0 Å². The van der Waals surface area contributed by atoms with Crippen molar-refractivity contribution < 1.29 is 9.53 Å². The highest BCUT2D eigenvalue weighted by Gasteiger charge is 1.91.